The topological polar surface area (TPSA) is 46.5 Å². The fourth-order valence-electron chi connectivity index (χ4n) is 4.73. The molecule has 2 aliphatic carbocycles. The molecule has 1 aromatic rings. The first-order valence-corrected chi connectivity index (χ1v) is 10.9. The Morgan fingerprint density at radius 1 is 1.03 bits per heavy atom. The third-order valence-corrected chi connectivity index (χ3v) is 6.92. The molecule has 3 rings (SSSR count). The summed E-state index contributed by atoms with van der Waals surface area (Å²) in [6, 6.07) is 4.77. The van der Waals surface area contributed by atoms with Gasteiger partial charge in [0.1, 0.15) is 5.75 Å². The number of hydrogen-bond acceptors (Lipinski definition) is 2. The van der Waals surface area contributed by atoms with Gasteiger partial charge in [0.2, 0.25) is 0 Å². The second-order valence-electron chi connectivity index (χ2n) is 10.2. The number of hydrogen-bond donors (Lipinski definition) is 1. The summed E-state index contributed by atoms with van der Waals surface area (Å²) < 4.78 is 6.16. The molecule has 0 radical (unpaired) electrons. The molecule has 0 spiro atoms. The Morgan fingerprint density at radius 2 is 1.62 bits per heavy atom. The lowest BCUT2D eigenvalue weighted by molar-refractivity contribution is -0.131. The molecule has 1 aromatic carbocycles. The van der Waals surface area contributed by atoms with Crippen LogP contribution >= 0.6 is 0 Å². The molecule has 1 fully saturated rings. The molecule has 0 heterocycles. The molecular formula is C26H36O3. The van der Waals surface area contributed by atoms with Crippen molar-refractivity contribution in [3.8, 4) is 5.75 Å². The highest BCUT2D eigenvalue weighted by Gasteiger charge is 2.47. The number of fused-ring (bicyclic) bond motifs is 1. The van der Waals surface area contributed by atoms with Crippen molar-refractivity contribution in [2.45, 2.75) is 89.9 Å². The zero-order valence-corrected chi connectivity index (χ0v) is 18.9. The van der Waals surface area contributed by atoms with Crippen molar-refractivity contribution in [1.29, 1.82) is 0 Å². The summed E-state index contributed by atoms with van der Waals surface area (Å²) in [7, 11) is 0. The van der Waals surface area contributed by atoms with E-state index < -0.39 is 5.97 Å². The van der Waals surface area contributed by atoms with Crippen molar-refractivity contribution in [3.05, 3.63) is 52.6 Å². The molecule has 0 bridgehead atoms. The lowest BCUT2D eigenvalue weighted by Crippen LogP contribution is -2.34. The van der Waals surface area contributed by atoms with Crippen molar-refractivity contribution in [1.82, 2.24) is 0 Å². The highest BCUT2D eigenvalue weighted by atomic mass is 16.5. The molecule has 0 saturated heterocycles. The average molecular weight is 397 g/mol. The maximum absolute atomic E-state index is 10.8. The lowest BCUT2D eigenvalue weighted by Gasteiger charge is -2.42. The van der Waals surface area contributed by atoms with Gasteiger partial charge in [-0.2, -0.15) is 0 Å². The third-order valence-electron chi connectivity index (χ3n) is 6.92. The largest absolute Gasteiger partial charge is 0.494 e. The Bertz CT molecular complexity index is 851. The van der Waals surface area contributed by atoms with Crippen molar-refractivity contribution in [2.75, 3.05) is 6.61 Å². The SMILES string of the molecule is CCOc1cc2c(cc1C1(C/C=C/C(C)=C/C(=O)O)CC1)C(C)(C)CCC2(C)C. The minimum atomic E-state index is -0.897. The quantitative estimate of drug-likeness (QED) is 0.426. The summed E-state index contributed by atoms with van der Waals surface area (Å²) in [5, 5.41) is 8.91. The Morgan fingerprint density at radius 3 is 2.14 bits per heavy atom. The van der Waals surface area contributed by atoms with Crippen LogP contribution in [0.15, 0.2) is 35.9 Å². The molecule has 0 atom stereocenters. The number of carboxylic acids is 1. The highest BCUT2D eigenvalue weighted by molar-refractivity contribution is 5.81. The Balaban J connectivity index is 2.00. The van der Waals surface area contributed by atoms with E-state index in [-0.39, 0.29) is 16.2 Å². The molecule has 29 heavy (non-hydrogen) atoms. The van der Waals surface area contributed by atoms with Gasteiger partial charge in [-0.1, -0.05) is 45.9 Å². The summed E-state index contributed by atoms with van der Waals surface area (Å²) in [5.41, 5.74) is 5.50. The number of carboxylic acid groups (broad SMARTS) is 1. The first-order valence-electron chi connectivity index (χ1n) is 10.9. The molecule has 1 saturated carbocycles. The van der Waals surface area contributed by atoms with Crippen LogP contribution in [-0.2, 0) is 21.0 Å². The number of aliphatic carboxylic acids is 1. The second kappa shape index (κ2) is 7.66. The van der Waals surface area contributed by atoms with Crippen molar-refractivity contribution >= 4 is 5.97 Å². The van der Waals surface area contributed by atoms with Crippen LogP contribution in [-0.4, -0.2) is 17.7 Å². The molecule has 3 nitrogen and oxygen atoms in total. The smallest absolute Gasteiger partial charge is 0.328 e. The summed E-state index contributed by atoms with van der Waals surface area (Å²) in [5.74, 6) is 0.146. The maximum atomic E-state index is 10.8. The van der Waals surface area contributed by atoms with E-state index in [4.69, 9.17) is 9.84 Å². The number of rotatable bonds is 7. The zero-order chi connectivity index (χ0) is 21.4. The van der Waals surface area contributed by atoms with Crippen LogP contribution in [0.5, 0.6) is 5.75 Å². The van der Waals surface area contributed by atoms with Gasteiger partial charge in [-0.25, -0.2) is 4.79 Å². The molecule has 3 heteroatoms. The Kier molecular flexibility index (Phi) is 5.73. The first-order chi connectivity index (χ1) is 13.5. The van der Waals surface area contributed by atoms with Gasteiger partial charge in [0.25, 0.3) is 0 Å². The van der Waals surface area contributed by atoms with Crippen LogP contribution in [0, 0.1) is 0 Å². The molecular weight excluding hydrogens is 360 g/mol. The summed E-state index contributed by atoms with van der Waals surface area (Å²) in [4.78, 5) is 10.8. The van der Waals surface area contributed by atoms with Crippen molar-refractivity contribution < 1.29 is 14.6 Å². The van der Waals surface area contributed by atoms with Gasteiger partial charge < -0.3 is 9.84 Å². The van der Waals surface area contributed by atoms with Gasteiger partial charge >= 0.3 is 5.97 Å². The second-order valence-corrected chi connectivity index (χ2v) is 10.2. The van der Waals surface area contributed by atoms with E-state index in [1.165, 1.54) is 35.6 Å². The van der Waals surface area contributed by atoms with Gasteiger partial charge in [0, 0.05) is 17.1 Å². The standard InChI is InChI=1S/C26H36O3/c1-7-29-22-17-20-19(24(3,4)11-12-25(20,5)6)16-21(22)26(13-14-26)10-8-9-18(2)15-23(27)28/h8-9,15-17H,7,10-14H2,1-6H3,(H,27,28)/b9-8+,18-15+. The number of allylic oxidation sites excluding steroid dienone is 3. The zero-order valence-electron chi connectivity index (χ0n) is 18.9. The van der Waals surface area contributed by atoms with Gasteiger partial charge in [0.15, 0.2) is 0 Å². The molecule has 2 aliphatic rings. The van der Waals surface area contributed by atoms with E-state index >= 15 is 0 Å². The number of ether oxygens (including phenoxy) is 1. The van der Waals surface area contributed by atoms with Crippen molar-refractivity contribution in [3.63, 3.8) is 0 Å². The van der Waals surface area contributed by atoms with E-state index in [1.807, 2.05) is 13.0 Å². The van der Waals surface area contributed by atoms with Crippen LogP contribution < -0.4 is 4.74 Å². The molecule has 0 unspecified atom stereocenters. The van der Waals surface area contributed by atoms with E-state index in [0.29, 0.717) is 6.61 Å². The monoisotopic (exact) mass is 396 g/mol. The van der Waals surface area contributed by atoms with Gasteiger partial charge in [-0.3, -0.25) is 0 Å². The van der Waals surface area contributed by atoms with Gasteiger partial charge in [-0.15, -0.1) is 0 Å². The summed E-state index contributed by atoms with van der Waals surface area (Å²) in [6.45, 7) is 14.0. The minimum Gasteiger partial charge on any atom is -0.494 e. The molecule has 1 N–H and O–H groups in total. The fraction of sp³-hybridized carbons (Fsp3) is 0.577. The van der Waals surface area contributed by atoms with Gasteiger partial charge in [-0.05, 0) is 79.5 Å². The van der Waals surface area contributed by atoms with E-state index in [0.717, 1.165) is 30.6 Å². The van der Waals surface area contributed by atoms with Crippen LogP contribution in [0.1, 0.15) is 90.3 Å². The average Bonchev–Trinajstić information content (AvgIpc) is 3.39. The normalized spacial score (nSPS) is 21.7. The molecule has 158 valence electrons. The van der Waals surface area contributed by atoms with E-state index in [9.17, 15) is 4.79 Å². The van der Waals surface area contributed by atoms with Crippen LogP contribution in [0.25, 0.3) is 0 Å². The fourth-order valence-corrected chi connectivity index (χ4v) is 4.73. The Hall–Kier alpha value is -2.03. The van der Waals surface area contributed by atoms with Crippen LogP contribution in [0.2, 0.25) is 0 Å². The Labute approximate surface area is 175 Å². The minimum absolute atomic E-state index is 0.122. The van der Waals surface area contributed by atoms with E-state index in [1.54, 1.807) is 0 Å². The predicted octanol–water partition coefficient (Wildman–Crippen LogP) is 6.44. The maximum Gasteiger partial charge on any atom is 0.328 e. The first kappa shape index (κ1) is 21.7. The van der Waals surface area contributed by atoms with Crippen LogP contribution in [0.3, 0.4) is 0 Å². The summed E-state index contributed by atoms with van der Waals surface area (Å²) >= 11 is 0. The van der Waals surface area contributed by atoms with Gasteiger partial charge in [0.05, 0.1) is 6.61 Å². The molecule has 0 aromatic heterocycles. The molecule has 0 aliphatic heterocycles. The van der Waals surface area contributed by atoms with Crippen LogP contribution in [0.4, 0.5) is 0 Å². The number of benzene rings is 1. The third kappa shape index (κ3) is 4.44. The molecule has 0 amide bonds. The summed E-state index contributed by atoms with van der Waals surface area (Å²) in [6.07, 6.45) is 10.9. The lowest BCUT2D eigenvalue weighted by atomic mass is 9.62. The van der Waals surface area contributed by atoms with E-state index in [2.05, 4.69) is 52.8 Å². The highest BCUT2D eigenvalue weighted by Crippen LogP contribution is 2.57. The van der Waals surface area contributed by atoms with Crippen molar-refractivity contribution in [2.24, 2.45) is 0 Å². The predicted molar refractivity (Wildman–Crippen MR) is 119 cm³/mol. The number of carbonyl (C=O) groups is 1.